The molecule has 1 aromatic carbocycles. The molecule has 5 nitrogen and oxygen atoms in total. The fourth-order valence-corrected chi connectivity index (χ4v) is 2.02. The number of carbonyl (C=O) groups is 2. The summed E-state index contributed by atoms with van der Waals surface area (Å²) in [6.07, 6.45) is 1.53. The average Bonchev–Trinajstić information content (AvgIpc) is 2.35. The van der Waals surface area contributed by atoms with Crippen LogP contribution in [0.5, 0.6) is 0 Å². The summed E-state index contributed by atoms with van der Waals surface area (Å²) in [6, 6.07) is 2.65. The Hall–Kier alpha value is -2.18. The molecule has 0 saturated heterocycles. The van der Waals surface area contributed by atoms with Gasteiger partial charge in [-0.2, -0.15) is 0 Å². The molecule has 0 radical (unpaired) electrons. The van der Waals surface area contributed by atoms with Crippen molar-refractivity contribution in [2.24, 2.45) is 0 Å². The maximum atomic E-state index is 13.0. The number of carboxylic acid groups (broad SMARTS) is 1. The van der Waals surface area contributed by atoms with E-state index in [1.807, 2.05) is 0 Å². The van der Waals surface area contributed by atoms with Gasteiger partial charge < -0.3 is 15.7 Å². The summed E-state index contributed by atoms with van der Waals surface area (Å²) in [5, 5.41) is 13.9. The number of hydrogen-bond donors (Lipinski definition) is 3. The van der Waals surface area contributed by atoms with Crippen molar-refractivity contribution in [3.05, 3.63) is 35.4 Å². The number of amides is 2. The van der Waals surface area contributed by atoms with Crippen molar-refractivity contribution in [1.29, 1.82) is 0 Å². The molecule has 0 spiro atoms. The van der Waals surface area contributed by atoms with E-state index in [-0.39, 0.29) is 6.54 Å². The van der Waals surface area contributed by atoms with Crippen LogP contribution in [0, 0.1) is 11.6 Å². The number of benzene rings is 1. The van der Waals surface area contributed by atoms with Gasteiger partial charge >= 0.3 is 12.0 Å². The van der Waals surface area contributed by atoms with Gasteiger partial charge in [-0.15, -0.1) is 0 Å². The highest BCUT2D eigenvalue weighted by atomic mass is 19.2. The zero-order chi connectivity index (χ0) is 14.8. The summed E-state index contributed by atoms with van der Waals surface area (Å²) in [7, 11) is 0. The van der Waals surface area contributed by atoms with E-state index in [9.17, 15) is 18.4 Å². The van der Waals surface area contributed by atoms with Gasteiger partial charge in [-0.1, -0.05) is 6.07 Å². The van der Waals surface area contributed by atoms with Crippen LogP contribution in [0.25, 0.3) is 0 Å². The molecule has 0 heterocycles. The zero-order valence-electron chi connectivity index (χ0n) is 10.6. The average molecular weight is 284 g/mol. The first kappa shape index (κ1) is 14.2. The number of carboxylic acids is 1. The fourth-order valence-electron chi connectivity index (χ4n) is 2.02. The Morgan fingerprint density at radius 2 is 1.95 bits per heavy atom. The predicted molar refractivity (Wildman–Crippen MR) is 65.9 cm³/mol. The SMILES string of the molecule is O=C(NCc1ccc(F)c(F)c1)NC1(C(=O)O)CCC1. The summed E-state index contributed by atoms with van der Waals surface area (Å²) in [6.45, 7) is -0.0151. The molecular weight excluding hydrogens is 270 g/mol. The minimum absolute atomic E-state index is 0.0151. The van der Waals surface area contributed by atoms with Gasteiger partial charge in [-0.25, -0.2) is 18.4 Å². The maximum absolute atomic E-state index is 13.0. The molecule has 0 atom stereocenters. The van der Waals surface area contributed by atoms with Gasteiger partial charge in [0, 0.05) is 6.54 Å². The molecule has 3 N–H and O–H groups in total. The molecule has 1 aromatic rings. The van der Waals surface area contributed by atoms with Gasteiger partial charge in [0.1, 0.15) is 5.54 Å². The number of nitrogens with one attached hydrogen (secondary N) is 2. The molecule has 108 valence electrons. The summed E-state index contributed by atoms with van der Waals surface area (Å²) in [5.41, 5.74) is -0.810. The first-order chi connectivity index (χ1) is 9.43. The number of carbonyl (C=O) groups excluding carboxylic acids is 1. The summed E-state index contributed by atoms with van der Waals surface area (Å²) >= 11 is 0. The minimum atomic E-state index is -1.20. The molecule has 0 bridgehead atoms. The van der Waals surface area contributed by atoms with Crippen LogP contribution in [0.3, 0.4) is 0 Å². The Balaban J connectivity index is 1.89. The minimum Gasteiger partial charge on any atom is -0.480 e. The van der Waals surface area contributed by atoms with Crippen molar-refractivity contribution in [2.45, 2.75) is 31.3 Å². The smallest absolute Gasteiger partial charge is 0.329 e. The molecule has 20 heavy (non-hydrogen) atoms. The third-order valence-electron chi connectivity index (χ3n) is 3.41. The van der Waals surface area contributed by atoms with Crippen molar-refractivity contribution in [3.63, 3.8) is 0 Å². The van der Waals surface area contributed by atoms with Crippen LogP contribution in [-0.4, -0.2) is 22.6 Å². The van der Waals surface area contributed by atoms with E-state index in [2.05, 4.69) is 10.6 Å². The Labute approximate surface area is 114 Å². The van der Waals surface area contributed by atoms with Crippen LogP contribution >= 0.6 is 0 Å². The van der Waals surface area contributed by atoms with Gasteiger partial charge in [0.15, 0.2) is 11.6 Å². The second-order valence-corrected chi connectivity index (χ2v) is 4.80. The van der Waals surface area contributed by atoms with Crippen LogP contribution in [0.2, 0.25) is 0 Å². The number of rotatable bonds is 4. The Kier molecular flexibility index (Phi) is 3.87. The molecular formula is C13H14F2N2O3. The van der Waals surface area contributed by atoms with Crippen molar-refractivity contribution in [3.8, 4) is 0 Å². The standard InChI is InChI=1S/C13H14F2N2O3/c14-9-3-2-8(6-10(9)15)7-16-12(20)17-13(11(18)19)4-1-5-13/h2-3,6H,1,4-5,7H2,(H,18,19)(H2,16,17,20). The lowest BCUT2D eigenvalue weighted by atomic mass is 9.77. The van der Waals surface area contributed by atoms with E-state index in [0.717, 1.165) is 18.6 Å². The van der Waals surface area contributed by atoms with Crippen molar-refractivity contribution in [2.75, 3.05) is 0 Å². The summed E-state index contributed by atoms with van der Waals surface area (Å²) in [4.78, 5) is 22.7. The Morgan fingerprint density at radius 1 is 1.25 bits per heavy atom. The lowest BCUT2D eigenvalue weighted by Crippen LogP contribution is -2.61. The molecule has 0 unspecified atom stereocenters. The van der Waals surface area contributed by atoms with E-state index in [0.29, 0.717) is 18.4 Å². The lowest BCUT2D eigenvalue weighted by Gasteiger charge is -2.38. The number of hydrogen-bond acceptors (Lipinski definition) is 2. The van der Waals surface area contributed by atoms with Gasteiger partial charge in [-0.3, -0.25) is 0 Å². The van der Waals surface area contributed by atoms with Crippen molar-refractivity contribution in [1.82, 2.24) is 10.6 Å². The predicted octanol–water partition coefficient (Wildman–Crippen LogP) is 1.77. The summed E-state index contributed by atoms with van der Waals surface area (Å²) in [5.74, 6) is -3.02. The number of urea groups is 1. The van der Waals surface area contributed by atoms with Crippen LogP contribution in [0.1, 0.15) is 24.8 Å². The molecule has 1 saturated carbocycles. The molecule has 7 heteroatoms. The molecule has 2 amide bonds. The lowest BCUT2D eigenvalue weighted by molar-refractivity contribution is -0.148. The number of aliphatic carboxylic acids is 1. The monoisotopic (exact) mass is 284 g/mol. The third kappa shape index (κ3) is 2.87. The normalized spacial score (nSPS) is 16.1. The maximum Gasteiger partial charge on any atom is 0.329 e. The Bertz CT molecular complexity index is 544. The third-order valence-corrected chi connectivity index (χ3v) is 3.41. The van der Waals surface area contributed by atoms with Gasteiger partial charge in [-0.05, 0) is 37.0 Å². The first-order valence-corrected chi connectivity index (χ1v) is 6.16. The topological polar surface area (TPSA) is 78.4 Å². The van der Waals surface area contributed by atoms with Crippen LogP contribution in [0.4, 0.5) is 13.6 Å². The molecule has 2 rings (SSSR count). The molecule has 0 aliphatic heterocycles. The van der Waals surface area contributed by atoms with E-state index in [4.69, 9.17) is 5.11 Å². The molecule has 0 aromatic heterocycles. The van der Waals surface area contributed by atoms with Gasteiger partial charge in [0.05, 0.1) is 0 Å². The highest BCUT2D eigenvalue weighted by Crippen LogP contribution is 2.31. The number of halogens is 2. The summed E-state index contributed by atoms with van der Waals surface area (Å²) < 4.78 is 25.7. The Morgan fingerprint density at radius 3 is 2.45 bits per heavy atom. The highest BCUT2D eigenvalue weighted by molar-refractivity contribution is 5.87. The van der Waals surface area contributed by atoms with E-state index >= 15 is 0 Å². The second-order valence-electron chi connectivity index (χ2n) is 4.80. The first-order valence-electron chi connectivity index (χ1n) is 6.16. The van der Waals surface area contributed by atoms with Gasteiger partial charge in [0.2, 0.25) is 0 Å². The highest BCUT2D eigenvalue weighted by Gasteiger charge is 2.45. The largest absolute Gasteiger partial charge is 0.480 e. The quantitative estimate of drug-likeness (QED) is 0.788. The van der Waals surface area contributed by atoms with Crippen LogP contribution < -0.4 is 10.6 Å². The van der Waals surface area contributed by atoms with E-state index in [1.165, 1.54) is 6.07 Å². The molecule has 1 aliphatic rings. The zero-order valence-corrected chi connectivity index (χ0v) is 10.6. The van der Waals surface area contributed by atoms with E-state index in [1.54, 1.807) is 0 Å². The second kappa shape index (κ2) is 5.44. The van der Waals surface area contributed by atoms with Gasteiger partial charge in [0.25, 0.3) is 0 Å². The molecule has 1 aliphatic carbocycles. The van der Waals surface area contributed by atoms with E-state index < -0.39 is 29.2 Å². The van der Waals surface area contributed by atoms with Crippen molar-refractivity contribution >= 4 is 12.0 Å². The molecule has 1 fully saturated rings. The van der Waals surface area contributed by atoms with Crippen molar-refractivity contribution < 1.29 is 23.5 Å². The van der Waals surface area contributed by atoms with Crippen LogP contribution in [0.15, 0.2) is 18.2 Å². The fraction of sp³-hybridized carbons (Fsp3) is 0.385. The van der Waals surface area contributed by atoms with Crippen LogP contribution in [-0.2, 0) is 11.3 Å².